The fourth-order valence-electron chi connectivity index (χ4n) is 1.67. The largest absolute Gasteiger partial charge is 0.304 e. The third-order valence-corrected chi connectivity index (χ3v) is 2.60. The summed E-state index contributed by atoms with van der Waals surface area (Å²) in [6, 6.07) is 0.578. The molecule has 0 aromatic carbocycles. The van der Waals surface area contributed by atoms with Gasteiger partial charge in [0.1, 0.15) is 6.29 Å². The van der Waals surface area contributed by atoms with Crippen LogP contribution in [0.15, 0.2) is 0 Å². The summed E-state index contributed by atoms with van der Waals surface area (Å²) in [5.41, 5.74) is 0. The highest BCUT2D eigenvalue weighted by Crippen LogP contribution is 2.10. The van der Waals surface area contributed by atoms with Gasteiger partial charge in [-0.1, -0.05) is 0 Å². The van der Waals surface area contributed by atoms with Crippen molar-refractivity contribution in [2.75, 3.05) is 33.7 Å². The van der Waals surface area contributed by atoms with Crippen molar-refractivity contribution in [1.82, 2.24) is 9.80 Å². The van der Waals surface area contributed by atoms with Crippen molar-refractivity contribution in [2.45, 2.75) is 18.9 Å². The number of carbonyl (C=O) groups is 1. The highest BCUT2D eigenvalue weighted by Gasteiger charge is 2.20. The maximum absolute atomic E-state index is 10.2. The number of likely N-dealkylation sites (N-methyl/N-ethyl adjacent to an activating group) is 2. The standard InChI is InChI=1S/C9H18N2O/c1-10-5-6-11(2)9(8-10)4-3-7-12/h7,9H,3-6,8H2,1-2H3. The number of rotatable bonds is 3. The second kappa shape index (κ2) is 4.58. The maximum Gasteiger partial charge on any atom is 0.120 e. The number of nitrogens with zero attached hydrogens (tertiary/aromatic N) is 2. The topological polar surface area (TPSA) is 23.6 Å². The van der Waals surface area contributed by atoms with E-state index in [1.807, 2.05) is 0 Å². The van der Waals surface area contributed by atoms with E-state index in [1.165, 1.54) is 0 Å². The van der Waals surface area contributed by atoms with Crippen LogP contribution in [0.25, 0.3) is 0 Å². The molecule has 0 aromatic rings. The number of carbonyl (C=O) groups excluding carboxylic acids is 1. The van der Waals surface area contributed by atoms with Gasteiger partial charge in [-0.3, -0.25) is 0 Å². The molecule has 1 unspecified atom stereocenters. The molecule has 3 nitrogen and oxygen atoms in total. The van der Waals surface area contributed by atoms with E-state index < -0.39 is 0 Å². The minimum atomic E-state index is 0.578. The Hall–Kier alpha value is -0.410. The number of piperazine rings is 1. The molecule has 0 radical (unpaired) electrons. The second-order valence-corrected chi connectivity index (χ2v) is 3.64. The molecule has 1 aliphatic heterocycles. The lowest BCUT2D eigenvalue weighted by Crippen LogP contribution is -2.49. The van der Waals surface area contributed by atoms with Gasteiger partial charge < -0.3 is 14.6 Å². The average molecular weight is 170 g/mol. The maximum atomic E-state index is 10.2. The van der Waals surface area contributed by atoms with Crippen LogP contribution >= 0.6 is 0 Å². The first kappa shape index (κ1) is 9.68. The normalized spacial score (nSPS) is 27.3. The Balaban J connectivity index is 2.32. The summed E-state index contributed by atoms with van der Waals surface area (Å²) in [6.45, 7) is 3.37. The van der Waals surface area contributed by atoms with E-state index in [0.717, 1.165) is 32.3 Å². The molecule has 12 heavy (non-hydrogen) atoms. The van der Waals surface area contributed by atoms with E-state index in [2.05, 4.69) is 23.9 Å². The van der Waals surface area contributed by atoms with Crippen molar-refractivity contribution in [2.24, 2.45) is 0 Å². The Morgan fingerprint density at radius 1 is 1.42 bits per heavy atom. The molecule has 0 N–H and O–H groups in total. The van der Waals surface area contributed by atoms with Crippen molar-refractivity contribution < 1.29 is 4.79 Å². The van der Waals surface area contributed by atoms with E-state index in [1.54, 1.807) is 0 Å². The lowest BCUT2D eigenvalue weighted by Gasteiger charge is -2.37. The predicted octanol–water partition coefficient (Wildman–Crippen LogP) is 0.211. The fourth-order valence-corrected chi connectivity index (χ4v) is 1.67. The van der Waals surface area contributed by atoms with Crippen LogP contribution in [0.5, 0.6) is 0 Å². The summed E-state index contributed by atoms with van der Waals surface area (Å²) in [5, 5.41) is 0. The van der Waals surface area contributed by atoms with Crippen LogP contribution < -0.4 is 0 Å². The van der Waals surface area contributed by atoms with Crippen LogP contribution in [0.3, 0.4) is 0 Å². The minimum absolute atomic E-state index is 0.578. The second-order valence-electron chi connectivity index (χ2n) is 3.64. The zero-order valence-corrected chi connectivity index (χ0v) is 7.99. The molecule has 0 aromatic heterocycles. The highest BCUT2D eigenvalue weighted by molar-refractivity contribution is 5.49. The molecule has 1 aliphatic rings. The molecule has 0 aliphatic carbocycles. The summed E-state index contributed by atoms with van der Waals surface area (Å²) in [7, 11) is 4.28. The lowest BCUT2D eigenvalue weighted by atomic mass is 10.1. The molecule has 1 atom stereocenters. The number of hydrogen-bond acceptors (Lipinski definition) is 3. The van der Waals surface area contributed by atoms with Crippen molar-refractivity contribution in [3.63, 3.8) is 0 Å². The van der Waals surface area contributed by atoms with Gasteiger partial charge in [0.15, 0.2) is 0 Å². The first-order valence-electron chi connectivity index (χ1n) is 4.56. The quantitative estimate of drug-likeness (QED) is 0.566. The smallest absolute Gasteiger partial charge is 0.120 e. The zero-order chi connectivity index (χ0) is 8.97. The Bertz CT molecular complexity index is 149. The summed E-state index contributed by atoms with van der Waals surface area (Å²) < 4.78 is 0. The number of hydrogen-bond donors (Lipinski definition) is 0. The predicted molar refractivity (Wildman–Crippen MR) is 49.2 cm³/mol. The van der Waals surface area contributed by atoms with Gasteiger partial charge in [0.05, 0.1) is 0 Å². The third-order valence-electron chi connectivity index (χ3n) is 2.60. The summed E-state index contributed by atoms with van der Waals surface area (Å²) >= 11 is 0. The molecule has 0 amide bonds. The van der Waals surface area contributed by atoms with Crippen molar-refractivity contribution >= 4 is 6.29 Å². The van der Waals surface area contributed by atoms with Gasteiger partial charge in [-0.15, -0.1) is 0 Å². The number of aldehydes is 1. The van der Waals surface area contributed by atoms with Crippen LogP contribution in [0.4, 0.5) is 0 Å². The van der Waals surface area contributed by atoms with E-state index >= 15 is 0 Å². The molecule has 1 heterocycles. The van der Waals surface area contributed by atoms with Crippen molar-refractivity contribution in [3.8, 4) is 0 Å². The third kappa shape index (κ3) is 2.57. The molecule has 1 rings (SSSR count). The van der Waals surface area contributed by atoms with Gasteiger partial charge in [-0.05, 0) is 20.5 Å². The van der Waals surface area contributed by atoms with Gasteiger partial charge in [0.2, 0.25) is 0 Å². The molecule has 0 saturated carbocycles. The zero-order valence-electron chi connectivity index (χ0n) is 7.99. The Morgan fingerprint density at radius 2 is 2.17 bits per heavy atom. The first-order chi connectivity index (χ1) is 5.74. The van der Waals surface area contributed by atoms with Gasteiger partial charge in [-0.25, -0.2) is 0 Å². The average Bonchev–Trinajstić information content (AvgIpc) is 2.07. The molecular formula is C9H18N2O. The Morgan fingerprint density at radius 3 is 2.83 bits per heavy atom. The van der Waals surface area contributed by atoms with Crippen LogP contribution in [0.1, 0.15) is 12.8 Å². The molecule has 1 saturated heterocycles. The van der Waals surface area contributed by atoms with E-state index in [0.29, 0.717) is 12.5 Å². The summed E-state index contributed by atoms with van der Waals surface area (Å²) in [5.74, 6) is 0. The molecule has 1 fully saturated rings. The molecular weight excluding hydrogens is 152 g/mol. The van der Waals surface area contributed by atoms with E-state index in [4.69, 9.17) is 0 Å². The van der Waals surface area contributed by atoms with Gasteiger partial charge in [0, 0.05) is 32.1 Å². The van der Waals surface area contributed by atoms with Crippen molar-refractivity contribution in [3.05, 3.63) is 0 Å². The van der Waals surface area contributed by atoms with Crippen LogP contribution in [-0.2, 0) is 4.79 Å². The summed E-state index contributed by atoms with van der Waals surface area (Å²) in [6.07, 6.45) is 2.72. The van der Waals surface area contributed by atoms with E-state index in [-0.39, 0.29) is 0 Å². The monoisotopic (exact) mass is 170 g/mol. The van der Waals surface area contributed by atoms with Crippen LogP contribution in [-0.4, -0.2) is 55.9 Å². The molecule has 3 heteroatoms. The lowest BCUT2D eigenvalue weighted by molar-refractivity contribution is -0.108. The van der Waals surface area contributed by atoms with Crippen LogP contribution in [0.2, 0.25) is 0 Å². The minimum Gasteiger partial charge on any atom is -0.304 e. The van der Waals surface area contributed by atoms with Gasteiger partial charge >= 0.3 is 0 Å². The highest BCUT2D eigenvalue weighted by atomic mass is 16.1. The fraction of sp³-hybridized carbons (Fsp3) is 0.889. The van der Waals surface area contributed by atoms with Gasteiger partial charge in [-0.2, -0.15) is 0 Å². The van der Waals surface area contributed by atoms with E-state index in [9.17, 15) is 4.79 Å². The molecule has 0 spiro atoms. The Kier molecular flexibility index (Phi) is 3.69. The SMILES string of the molecule is CN1CCN(C)C(CCC=O)C1. The Labute approximate surface area is 74.3 Å². The van der Waals surface area contributed by atoms with Gasteiger partial charge in [0.25, 0.3) is 0 Å². The van der Waals surface area contributed by atoms with Crippen molar-refractivity contribution in [1.29, 1.82) is 0 Å². The van der Waals surface area contributed by atoms with Crippen LogP contribution in [0, 0.1) is 0 Å². The molecule has 0 bridgehead atoms. The first-order valence-corrected chi connectivity index (χ1v) is 4.56. The summed E-state index contributed by atoms with van der Waals surface area (Å²) in [4.78, 5) is 14.9. The molecule has 70 valence electrons.